The number of amides is 2. The van der Waals surface area contributed by atoms with E-state index in [0.29, 0.717) is 45.9 Å². The molecule has 142 valence electrons. The summed E-state index contributed by atoms with van der Waals surface area (Å²) in [5.74, 6) is 0.0696. The lowest BCUT2D eigenvalue weighted by Gasteiger charge is -2.37. The maximum absolute atomic E-state index is 12.3. The summed E-state index contributed by atoms with van der Waals surface area (Å²) >= 11 is 0. The van der Waals surface area contributed by atoms with Gasteiger partial charge in [0.2, 0.25) is 11.8 Å². The number of piperazine rings is 1. The molecule has 0 aromatic rings. The van der Waals surface area contributed by atoms with Crippen molar-refractivity contribution < 1.29 is 14.3 Å². The minimum atomic E-state index is -0.171. The van der Waals surface area contributed by atoms with Crippen molar-refractivity contribution in [3.63, 3.8) is 0 Å². The van der Waals surface area contributed by atoms with Crippen LogP contribution in [0.1, 0.15) is 13.8 Å². The molecule has 2 N–H and O–H groups in total. The lowest BCUT2D eigenvalue weighted by molar-refractivity contribution is -0.143. The fourth-order valence-electron chi connectivity index (χ4n) is 2.74. The molecular weight excluding hydrogens is 355 g/mol. The Labute approximate surface area is 156 Å². The van der Waals surface area contributed by atoms with E-state index in [2.05, 4.69) is 4.90 Å². The van der Waals surface area contributed by atoms with Gasteiger partial charge in [-0.25, -0.2) is 0 Å². The van der Waals surface area contributed by atoms with Crippen LogP contribution in [0.25, 0.3) is 0 Å². The number of hydrogen-bond acceptors (Lipinski definition) is 5. The summed E-state index contributed by atoms with van der Waals surface area (Å²) in [4.78, 5) is 30.4. The molecule has 2 unspecified atom stereocenters. The van der Waals surface area contributed by atoms with Gasteiger partial charge in [0.25, 0.3) is 0 Å². The third-order valence-electron chi connectivity index (χ3n) is 4.58. The molecule has 7 nitrogen and oxygen atoms in total. The van der Waals surface area contributed by atoms with Gasteiger partial charge < -0.3 is 20.3 Å². The van der Waals surface area contributed by atoms with E-state index in [0.717, 1.165) is 13.1 Å². The first-order valence-electron chi connectivity index (χ1n) is 8.11. The average Bonchev–Trinajstić information content (AvgIpc) is 2.54. The molecule has 2 fully saturated rings. The number of ether oxygens (including phenoxy) is 1. The Morgan fingerprint density at radius 2 is 1.46 bits per heavy atom. The third kappa shape index (κ3) is 6.37. The largest absolute Gasteiger partial charge is 0.379 e. The van der Waals surface area contributed by atoms with Crippen molar-refractivity contribution in [1.29, 1.82) is 0 Å². The van der Waals surface area contributed by atoms with Crippen LogP contribution >= 0.6 is 24.8 Å². The quantitative estimate of drug-likeness (QED) is 0.726. The molecule has 2 heterocycles. The number of rotatable bonds is 4. The maximum atomic E-state index is 12.3. The predicted octanol–water partition coefficient (Wildman–Crippen LogP) is -0.184. The fraction of sp³-hybridized carbons (Fsp3) is 0.867. The van der Waals surface area contributed by atoms with E-state index in [1.54, 1.807) is 0 Å². The van der Waals surface area contributed by atoms with Crippen molar-refractivity contribution in [2.45, 2.75) is 19.9 Å². The smallest absolute Gasteiger partial charge is 0.236 e. The highest BCUT2D eigenvalue weighted by molar-refractivity contribution is 5.85. The number of halogens is 2. The molecule has 24 heavy (non-hydrogen) atoms. The lowest BCUT2D eigenvalue weighted by Crippen LogP contribution is -2.55. The number of carbonyl (C=O) groups is 2. The third-order valence-corrected chi connectivity index (χ3v) is 4.58. The SMILES string of the molecule is CC(N)C(C)C(=O)N1CCN(C(=O)CN2CCOCC2)CC1.Cl.Cl. The fourth-order valence-corrected chi connectivity index (χ4v) is 2.74. The zero-order valence-electron chi connectivity index (χ0n) is 14.5. The van der Waals surface area contributed by atoms with Gasteiger partial charge in [-0.2, -0.15) is 0 Å². The molecule has 0 spiro atoms. The first-order chi connectivity index (χ1) is 10.5. The summed E-state index contributed by atoms with van der Waals surface area (Å²) < 4.78 is 5.29. The second-order valence-corrected chi connectivity index (χ2v) is 6.24. The summed E-state index contributed by atoms with van der Waals surface area (Å²) in [6.07, 6.45) is 0. The van der Waals surface area contributed by atoms with Gasteiger partial charge in [0.1, 0.15) is 0 Å². The topological polar surface area (TPSA) is 79.1 Å². The summed E-state index contributed by atoms with van der Waals surface area (Å²) in [6.45, 7) is 9.62. The molecule has 9 heteroatoms. The van der Waals surface area contributed by atoms with Gasteiger partial charge >= 0.3 is 0 Å². The molecule has 0 radical (unpaired) electrons. The normalized spacial score (nSPS) is 21.3. The van der Waals surface area contributed by atoms with E-state index in [4.69, 9.17) is 10.5 Å². The lowest BCUT2D eigenvalue weighted by atomic mass is 10.0. The molecule has 0 aliphatic carbocycles. The van der Waals surface area contributed by atoms with Gasteiger partial charge in [-0.1, -0.05) is 6.92 Å². The number of hydrogen-bond donors (Lipinski definition) is 1. The number of morpholine rings is 1. The molecular formula is C15H30Cl2N4O3. The van der Waals surface area contributed by atoms with Crippen molar-refractivity contribution in [2.24, 2.45) is 11.7 Å². The van der Waals surface area contributed by atoms with E-state index in [9.17, 15) is 9.59 Å². The molecule has 2 aliphatic rings. The standard InChI is InChI=1S/C15H28N4O3.2ClH/c1-12(13(2)16)15(21)19-5-3-18(4-6-19)14(20)11-17-7-9-22-10-8-17;;/h12-13H,3-11,16H2,1-2H3;2*1H. The highest BCUT2D eigenvalue weighted by atomic mass is 35.5. The Balaban J connectivity index is 0.00000264. The average molecular weight is 385 g/mol. The van der Waals surface area contributed by atoms with Crippen molar-refractivity contribution in [1.82, 2.24) is 14.7 Å². The summed E-state index contributed by atoms with van der Waals surface area (Å²) in [5, 5.41) is 0. The second-order valence-electron chi connectivity index (χ2n) is 6.24. The molecule has 0 aromatic carbocycles. The molecule has 2 aliphatic heterocycles. The zero-order chi connectivity index (χ0) is 16.1. The number of nitrogens with two attached hydrogens (primary N) is 1. The summed E-state index contributed by atoms with van der Waals surface area (Å²) in [5.41, 5.74) is 5.80. The van der Waals surface area contributed by atoms with Crippen LogP contribution in [0.3, 0.4) is 0 Å². The van der Waals surface area contributed by atoms with Crippen LogP contribution in [0.2, 0.25) is 0 Å². The van der Waals surface area contributed by atoms with E-state index < -0.39 is 0 Å². The monoisotopic (exact) mass is 384 g/mol. The molecule has 0 saturated carbocycles. The summed E-state index contributed by atoms with van der Waals surface area (Å²) in [6, 6.07) is -0.145. The first kappa shape index (κ1) is 23.4. The van der Waals surface area contributed by atoms with Gasteiger partial charge in [-0.05, 0) is 6.92 Å². The second kappa shape index (κ2) is 11.1. The Hall–Kier alpha value is -0.600. The molecule has 0 bridgehead atoms. The van der Waals surface area contributed by atoms with Crippen LogP contribution in [0.15, 0.2) is 0 Å². The van der Waals surface area contributed by atoms with Gasteiger partial charge in [-0.3, -0.25) is 14.5 Å². The maximum Gasteiger partial charge on any atom is 0.236 e. The molecule has 2 saturated heterocycles. The van der Waals surface area contributed by atoms with E-state index in [1.165, 1.54) is 0 Å². The van der Waals surface area contributed by atoms with Crippen LogP contribution in [0.4, 0.5) is 0 Å². The van der Waals surface area contributed by atoms with Crippen molar-refractivity contribution in [2.75, 3.05) is 59.0 Å². The van der Waals surface area contributed by atoms with Crippen LogP contribution in [-0.2, 0) is 14.3 Å². The van der Waals surface area contributed by atoms with Crippen LogP contribution in [-0.4, -0.2) is 91.6 Å². The van der Waals surface area contributed by atoms with Crippen molar-refractivity contribution in [3.8, 4) is 0 Å². The number of carbonyl (C=O) groups excluding carboxylic acids is 2. The Kier molecular flexibility index (Phi) is 10.8. The molecule has 2 rings (SSSR count). The van der Waals surface area contributed by atoms with Crippen molar-refractivity contribution in [3.05, 3.63) is 0 Å². The molecule has 2 atom stereocenters. The summed E-state index contributed by atoms with van der Waals surface area (Å²) in [7, 11) is 0. The Morgan fingerprint density at radius 1 is 0.958 bits per heavy atom. The van der Waals surface area contributed by atoms with Gasteiger partial charge in [0.15, 0.2) is 0 Å². The van der Waals surface area contributed by atoms with Crippen LogP contribution in [0, 0.1) is 5.92 Å². The highest BCUT2D eigenvalue weighted by Crippen LogP contribution is 2.10. The van der Waals surface area contributed by atoms with Crippen molar-refractivity contribution >= 4 is 36.6 Å². The predicted molar refractivity (Wildman–Crippen MR) is 97.7 cm³/mol. The minimum absolute atomic E-state index is 0. The Bertz CT molecular complexity index is 398. The Morgan fingerprint density at radius 3 is 1.96 bits per heavy atom. The molecule has 2 amide bonds. The number of nitrogens with zero attached hydrogens (tertiary/aromatic N) is 3. The van der Waals surface area contributed by atoms with Gasteiger partial charge in [-0.15, -0.1) is 24.8 Å². The zero-order valence-corrected chi connectivity index (χ0v) is 16.1. The van der Waals surface area contributed by atoms with Gasteiger partial charge in [0.05, 0.1) is 25.7 Å². The van der Waals surface area contributed by atoms with E-state index in [1.807, 2.05) is 23.6 Å². The van der Waals surface area contributed by atoms with E-state index in [-0.39, 0.29) is 48.6 Å². The van der Waals surface area contributed by atoms with Crippen LogP contribution in [0.5, 0.6) is 0 Å². The van der Waals surface area contributed by atoms with Gasteiger partial charge in [0, 0.05) is 45.3 Å². The van der Waals surface area contributed by atoms with E-state index >= 15 is 0 Å². The molecule has 0 aromatic heterocycles. The first-order valence-corrected chi connectivity index (χ1v) is 8.11. The van der Waals surface area contributed by atoms with Crippen LogP contribution < -0.4 is 5.73 Å². The highest BCUT2D eigenvalue weighted by Gasteiger charge is 2.28. The minimum Gasteiger partial charge on any atom is -0.379 e.